The molecule has 0 N–H and O–H groups in total. The van der Waals surface area contributed by atoms with Crippen molar-refractivity contribution in [2.75, 3.05) is 19.0 Å². The molecule has 0 unspecified atom stereocenters. The van der Waals surface area contributed by atoms with Gasteiger partial charge in [0.1, 0.15) is 0 Å². The minimum atomic E-state index is 0. The van der Waals surface area contributed by atoms with E-state index >= 15 is 0 Å². The fourth-order valence-electron chi connectivity index (χ4n) is 3.76. The smallest absolute Gasteiger partial charge is 0.0452 e. The maximum atomic E-state index is 4.52. The Balaban J connectivity index is 0.00000205. The predicted molar refractivity (Wildman–Crippen MR) is 117 cm³/mol. The molecule has 5 aromatic rings. The first-order chi connectivity index (χ1) is 13.7. The summed E-state index contributed by atoms with van der Waals surface area (Å²) in [6, 6.07) is 30.9. The van der Waals surface area contributed by atoms with Crippen LogP contribution in [-0.4, -0.2) is 23.6 Å². The van der Waals surface area contributed by atoms with Crippen molar-refractivity contribution in [3.8, 4) is 16.9 Å². The van der Waals surface area contributed by atoms with Gasteiger partial charge in [0.2, 0.25) is 0 Å². The van der Waals surface area contributed by atoms with E-state index in [2.05, 4.69) is 93.3 Å². The Kier molecular flexibility index (Phi) is 5.23. The number of rotatable bonds is 3. The van der Waals surface area contributed by atoms with Gasteiger partial charge in [0.25, 0.3) is 0 Å². The van der Waals surface area contributed by atoms with Gasteiger partial charge in [-0.05, 0) is 29.6 Å². The maximum Gasteiger partial charge on any atom is 0.0452 e. The Hall–Kier alpha value is -2.94. The van der Waals surface area contributed by atoms with E-state index in [1.165, 1.54) is 21.8 Å². The molecular formula is C25H20IrN3-. The fraction of sp³-hybridized carbons (Fsp3) is 0.0800. The van der Waals surface area contributed by atoms with Crippen LogP contribution >= 0.6 is 0 Å². The Bertz CT molecular complexity index is 1230. The third kappa shape index (κ3) is 3.35. The van der Waals surface area contributed by atoms with Gasteiger partial charge in [-0.3, -0.25) is 0 Å². The third-order valence-corrected chi connectivity index (χ3v) is 5.17. The zero-order valence-electron chi connectivity index (χ0n) is 16.3. The van der Waals surface area contributed by atoms with E-state index in [0.29, 0.717) is 0 Å². The Morgan fingerprint density at radius 2 is 1.48 bits per heavy atom. The summed E-state index contributed by atoms with van der Waals surface area (Å²) in [6.07, 6.45) is 1.85. The standard InChI is InChI=1S/C25H20N3.Ir/c1-27(2)20-15-16-26-23(17-20)18-11-13-19(14-12-18)28-24-9-5-3-7-21(24)22-8-4-6-10-25(22)28;/h3-11,13-17H,1-2H3;/q-1;. The number of hydrogen-bond acceptors (Lipinski definition) is 2. The van der Waals surface area contributed by atoms with E-state index in [4.69, 9.17) is 0 Å². The molecule has 0 fully saturated rings. The number of benzene rings is 3. The summed E-state index contributed by atoms with van der Waals surface area (Å²) < 4.78 is 2.30. The maximum absolute atomic E-state index is 4.52. The van der Waals surface area contributed by atoms with E-state index in [-0.39, 0.29) is 20.1 Å². The van der Waals surface area contributed by atoms with Crippen molar-refractivity contribution in [3.05, 3.63) is 91.1 Å². The Labute approximate surface area is 184 Å². The molecule has 0 aliphatic heterocycles. The van der Waals surface area contributed by atoms with E-state index < -0.39 is 0 Å². The van der Waals surface area contributed by atoms with Gasteiger partial charge in [-0.2, -0.15) is 0 Å². The van der Waals surface area contributed by atoms with Gasteiger partial charge in [-0.1, -0.05) is 42.5 Å². The van der Waals surface area contributed by atoms with Crippen molar-refractivity contribution in [1.29, 1.82) is 0 Å². The van der Waals surface area contributed by atoms with Crippen LogP contribution in [-0.2, 0) is 20.1 Å². The molecule has 145 valence electrons. The molecule has 2 aromatic heterocycles. The quantitative estimate of drug-likeness (QED) is 0.267. The minimum absolute atomic E-state index is 0. The van der Waals surface area contributed by atoms with Crippen molar-refractivity contribution < 1.29 is 20.1 Å². The second kappa shape index (κ2) is 7.82. The molecular weight excluding hydrogens is 535 g/mol. The van der Waals surface area contributed by atoms with Crippen molar-refractivity contribution in [3.63, 3.8) is 0 Å². The van der Waals surface area contributed by atoms with Gasteiger partial charge in [0.05, 0.1) is 0 Å². The summed E-state index contributed by atoms with van der Waals surface area (Å²) in [5.74, 6) is 0. The zero-order valence-corrected chi connectivity index (χ0v) is 18.7. The first-order valence-corrected chi connectivity index (χ1v) is 9.36. The van der Waals surface area contributed by atoms with Crippen LogP contribution in [0.2, 0.25) is 0 Å². The van der Waals surface area contributed by atoms with Crippen LogP contribution in [0.5, 0.6) is 0 Å². The van der Waals surface area contributed by atoms with Crippen molar-refractivity contribution in [2.24, 2.45) is 0 Å². The summed E-state index contributed by atoms with van der Waals surface area (Å²) in [5.41, 5.74) is 6.57. The van der Waals surface area contributed by atoms with Crippen LogP contribution in [0.1, 0.15) is 0 Å². The molecule has 0 aliphatic rings. The van der Waals surface area contributed by atoms with Crippen LogP contribution < -0.4 is 4.90 Å². The van der Waals surface area contributed by atoms with Gasteiger partial charge < -0.3 is 14.5 Å². The van der Waals surface area contributed by atoms with E-state index in [0.717, 1.165) is 22.6 Å². The summed E-state index contributed by atoms with van der Waals surface area (Å²) in [4.78, 5) is 6.60. The number of pyridine rings is 1. The van der Waals surface area contributed by atoms with E-state index in [1.807, 2.05) is 26.4 Å². The number of para-hydroxylation sites is 2. The zero-order chi connectivity index (χ0) is 19.1. The molecule has 0 saturated heterocycles. The summed E-state index contributed by atoms with van der Waals surface area (Å²) >= 11 is 0. The molecule has 0 atom stereocenters. The Morgan fingerprint density at radius 3 is 2.07 bits per heavy atom. The molecule has 0 amide bonds. The number of nitrogens with zero attached hydrogens (tertiary/aromatic N) is 3. The Morgan fingerprint density at radius 1 is 0.828 bits per heavy atom. The van der Waals surface area contributed by atoms with Crippen LogP contribution in [0.15, 0.2) is 85.1 Å². The third-order valence-electron chi connectivity index (χ3n) is 5.17. The van der Waals surface area contributed by atoms with Crippen LogP contribution in [0, 0.1) is 6.07 Å². The van der Waals surface area contributed by atoms with Crippen molar-refractivity contribution >= 4 is 27.5 Å². The van der Waals surface area contributed by atoms with Crippen molar-refractivity contribution in [2.45, 2.75) is 0 Å². The molecule has 0 saturated carbocycles. The molecule has 5 rings (SSSR count). The van der Waals surface area contributed by atoms with Gasteiger partial charge in [-0.15, -0.1) is 29.8 Å². The monoisotopic (exact) mass is 555 g/mol. The number of aromatic nitrogens is 2. The van der Waals surface area contributed by atoms with E-state index in [9.17, 15) is 0 Å². The van der Waals surface area contributed by atoms with Gasteiger partial charge in [0, 0.05) is 67.9 Å². The average molecular weight is 555 g/mol. The molecule has 2 heterocycles. The van der Waals surface area contributed by atoms with Gasteiger partial charge >= 0.3 is 0 Å². The van der Waals surface area contributed by atoms with Crippen molar-refractivity contribution in [1.82, 2.24) is 9.55 Å². The molecule has 4 heteroatoms. The van der Waals surface area contributed by atoms with E-state index in [1.54, 1.807) is 0 Å². The molecule has 29 heavy (non-hydrogen) atoms. The average Bonchev–Trinajstić information content (AvgIpc) is 3.08. The number of fused-ring (bicyclic) bond motifs is 3. The fourth-order valence-corrected chi connectivity index (χ4v) is 3.76. The molecule has 0 bridgehead atoms. The second-order valence-corrected chi connectivity index (χ2v) is 7.12. The minimum Gasteiger partial charge on any atom is -0.378 e. The van der Waals surface area contributed by atoms with Gasteiger partial charge in [0.15, 0.2) is 0 Å². The van der Waals surface area contributed by atoms with Crippen LogP contribution in [0.3, 0.4) is 0 Å². The largest absolute Gasteiger partial charge is 0.378 e. The van der Waals surface area contributed by atoms with Crippen LogP contribution in [0.25, 0.3) is 38.8 Å². The molecule has 3 aromatic carbocycles. The summed E-state index contributed by atoms with van der Waals surface area (Å²) in [5, 5.41) is 2.53. The molecule has 3 nitrogen and oxygen atoms in total. The number of anilines is 1. The number of hydrogen-bond donors (Lipinski definition) is 0. The summed E-state index contributed by atoms with van der Waals surface area (Å²) in [7, 11) is 4.07. The predicted octanol–water partition coefficient (Wildman–Crippen LogP) is 5.71. The molecule has 0 aliphatic carbocycles. The molecule has 0 spiro atoms. The van der Waals surface area contributed by atoms with Crippen LogP contribution in [0.4, 0.5) is 5.69 Å². The molecule has 1 radical (unpaired) electrons. The SMILES string of the molecule is CN(C)c1ccnc(-c2[c-]cc(-n3c4ccccc4c4ccccc43)cc2)c1.[Ir]. The first kappa shape index (κ1) is 19.4. The summed E-state index contributed by atoms with van der Waals surface area (Å²) in [6.45, 7) is 0. The first-order valence-electron chi connectivity index (χ1n) is 9.36. The topological polar surface area (TPSA) is 21.1 Å². The normalized spacial score (nSPS) is 10.8. The van der Waals surface area contributed by atoms with Gasteiger partial charge in [-0.25, -0.2) is 0 Å². The second-order valence-electron chi connectivity index (χ2n) is 7.12.